The Labute approximate surface area is 112 Å². The Morgan fingerprint density at radius 2 is 1.72 bits per heavy atom. The lowest BCUT2D eigenvalue weighted by molar-refractivity contribution is -0.0285. The first kappa shape index (κ1) is 13.6. The van der Waals surface area contributed by atoms with Crippen molar-refractivity contribution in [1.29, 1.82) is 0 Å². The van der Waals surface area contributed by atoms with Gasteiger partial charge in [-0.05, 0) is 33.9 Å². The molecule has 2 rings (SSSR count). The fraction of sp³-hybridized carbons (Fsp3) is 0.647. The smallest absolute Gasteiger partial charge is 0.0875 e. The highest BCUT2D eigenvalue weighted by molar-refractivity contribution is 5.38. The van der Waals surface area contributed by atoms with Crippen molar-refractivity contribution in [2.45, 2.75) is 59.5 Å². The molecule has 1 nitrogen and oxygen atoms in total. The molecule has 1 aromatic carbocycles. The van der Waals surface area contributed by atoms with Crippen LogP contribution in [0.1, 0.15) is 64.3 Å². The minimum atomic E-state index is 0.165. The van der Waals surface area contributed by atoms with Crippen molar-refractivity contribution in [3.05, 3.63) is 34.9 Å². The van der Waals surface area contributed by atoms with Crippen molar-refractivity contribution in [2.75, 3.05) is 6.61 Å². The molecule has 1 aliphatic heterocycles. The van der Waals surface area contributed by atoms with E-state index in [0.717, 1.165) is 13.0 Å². The van der Waals surface area contributed by atoms with Crippen molar-refractivity contribution in [1.82, 2.24) is 0 Å². The summed E-state index contributed by atoms with van der Waals surface area (Å²) in [7, 11) is 0. The molecule has 1 aromatic rings. The van der Waals surface area contributed by atoms with Gasteiger partial charge < -0.3 is 4.74 Å². The van der Waals surface area contributed by atoms with Gasteiger partial charge in [0.2, 0.25) is 0 Å². The van der Waals surface area contributed by atoms with Crippen LogP contribution in [-0.4, -0.2) is 6.61 Å². The molecule has 1 aliphatic rings. The number of rotatable bonds is 0. The third kappa shape index (κ3) is 2.61. The zero-order valence-corrected chi connectivity index (χ0v) is 12.6. The molecule has 0 amide bonds. The van der Waals surface area contributed by atoms with Crippen molar-refractivity contribution in [2.24, 2.45) is 5.41 Å². The largest absolute Gasteiger partial charge is 0.373 e. The van der Waals surface area contributed by atoms with E-state index in [1.807, 2.05) is 0 Å². The van der Waals surface area contributed by atoms with Gasteiger partial charge in [-0.3, -0.25) is 0 Å². The fourth-order valence-corrected chi connectivity index (χ4v) is 2.64. The first-order valence-electron chi connectivity index (χ1n) is 6.94. The molecule has 0 saturated carbocycles. The number of fused-ring (bicyclic) bond motifs is 1. The van der Waals surface area contributed by atoms with Gasteiger partial charge >= 0.3 is 0 Å². The third-order valence-corrected chi connectivity index (χ3v) is 3.73. The molecule has 0 bridgehead atoms. The average molecular weight is 246 g/mol. The molecule has 1 heteroatoms. The molecule has 1 unspecified atom stereocenters. The second-order valence-corrected chi connectivity index (χ2v) is 7.53. The standard InChI is InChI=1S/C17H26O/c1-16(2,3)13-7-8-14-12(11-13)9-10-18-15(14)17(4,5)6/h7-8,11,15H,9-10H2,1-6H3. The van der Waals surface area contributed by atoms with Gasteiger partial charge in [-0.15, -0.1) is 0 Å². The Hall–Kier alpha value is -0.820. The summed E-state index contributed by atoms with van der Waals surface area (Å²) >= 11 is 0. The van der Waals surface area contributed by atoms with E-state index in [9.17, 15) is 0 Å². The minimum Gasteiger partial charge on any atom is -0.373 e. The second kappa shape index (κ2) is 4.38. The SMILES string of the molecule is CC(C)(C)c1ccc2c(c1)CCOC2C(C)(C)C. The average Bonchev–Trinajstić information content (AvgIpc) is 2.25. The van der Waals surface area contributed by atoms with Crippen LogP contribution >= 0.6 is 0 Å². The van der Waals surface area contributed by atoms with Gasteiger partial charge in [0.1, 0.15) is 0 Å². The van der Waals surface area contributed by atoms with E-state index >= 15 is 0 Å². The molecule has 18 heavy (non-hydrogen) atoms. The minimum absolute atomic E-state index is 0.165. The molecule has 0 spiro atoms. The zero-order chi connectivity index (χ0) is 13.6. The second-order valence-electron chi connectivity index (χ2n) is 7.53. The van der Waals surface area contributed by atoms with Crippen molar-refractivity contribution in [3.63, 3.8) is 0 Å². The molecule has 0 saturated heterocycles. The Morgan fingerprint density at radius 3 is 2.28 bits per heavy atom. The van der Waals surface area contributed by atoms with Crippen LogP contribution < -0.4 is 0 Å². The van der Waals surface area contributed by atoms with Crippen LogP contribution in [0.2, 0.25) is 0 Å². The molecule has 0 aliphatic carbocycles. The third-order valence-electron chi connectivity index (χ3n) is 3.73. The van der Waals surface area contributed by atoms with Crippen LogP contribution in [0, 0.1) is 5.41 Å². The summed E-state index contributed by atoms with van der Waals surface area (Å²) in [5.74, 6) is 0. The van der Waals surface area contributed by atoms with Crippen molar-refractivity contribution < 1.29 is 4.74 Å². The Bertz CT molecular complexity index is 432. The van der Waals surface area contributed by atoms with Crippen LogP contribution in [0.4, 0.5) is 0 Å². The molecular formula is C17H26O. The van der Waals surface area contributed by atoms with Crippen molar-refractivity contribution >= 4 is 0 Å². The van der Waals surface area contributed by atoms with Gasteiger partial charge in [-0.25, -0.2) is 0 Å². The highest BCUT2D eigenvalue weighted by Crippen LogP contribution is 2.41. The molecule has 0 fully saturated rings. The highest BCUT2D eigenvalue weighted by Gasteiger charge is 2.32. The van der Waals surface area contributed by atoms with Crippen LogP contribution in [0.5, 0.6) is 0 Å². The lowest BCUT2D eigenvalue weighted by Crippen LogP contribution is -2.27. The number of hydrogen-bond donors (Lipinski definition) is 0. The van der Waals surface area contributed by atoms with Crippen LogP contribution in [0.25, 0.3) is 0 Å². The summed E-state index contributed by atoms with van der Waals surface area (Å²) in [4.78, 5) is 0. The molecule has 0 radical (unpaired) electrons. The van der Waals surface area contributed by atoms with Gasteiger partial charge in [0.25, 0.3) is 0 Å². The van der Waals surface area contributed by atoms with Crippen LogP contribution in [0.3, 0.4) is 0 Å². The lowest BCUT2D eigenvalue weighted by atomic mass is 9.78. The monoisotopic (exact) mass is 246 g/mol. The summed E-state index contributed by atoms with van der Waals surface area (Å²) < 4.78 is 5.99. The van der Waals surface area contributed by atoms with E-state index in [4.69, 9.17) is 4.74 Å². The van der Waals surface area contributed by atoms with E-state index in [2.05, 4.69) is 59.7 Å². The highest BCUT2D eigenvalue weighted by atomic mass is 16.5. The summed E-state index contributed by atoms with van der Waals surface area (Å²) in [6, 6.07) is 6.94. The van der Waals surface area contributed by atoms with Gasteiger partial charge in [0.15, 0.2) is 0 Å². The zero-order valence-electron chi connectivity index (χ0n) is 12.6. The first-order valence-corrected chi connectivity index (χ1v) is 6.94. The molecule has 0 aromatic heterocycles. The predicted octanol–water partition coefficient (Wildman–Crippen LogP) is 4.64. The maximum absolute atomic E-state index is 5.99. The maximum atomic E-state index is 5.99. The van der Waals surface area contributed by atoms with Gasteiger partial charge in [0, 0.05) is 0 Å². The van der Waals surface area contributed by atoms with E-state index in [1.54, 1.807) is 0 Å². The molecule has 0 N–H and O–H groups in total. The number of ether oxygens (including phenoxy) is 1. The molecular weight excluding hydrogens is 220 g/mol. The summed E-state index contributed by atoms with van der Waals surface area (Å²) in [6.45, 7) is 14.4. The van der Waals surface area contributed by atoms with E-state index in [0.29, 0.717) is 0 Å². The lowest BCUT2D eigenvalue weighted by Gasteiger charge is -2.36. The summed E-state index contributed by atoms with van der Waals surface area (Å²) in [5.41, 5.74) is 4.69. The van der Waals surface area contributed by atoms with Gasteiger partial charge in [-0.2, -0.15) is 0 Å². The first-order chi connectivity index (χ1) is 8.19. The van der Waals surface area contributed by atoms with Crippen LogP contribution in [0.15, 0.2) is 18.2 Å². The predicted molar refractivity (Wildman–Crippen MR) is 77.0 cm³/mol. The normalized spacial score (nSPS) is 20.7. The summed E-state index contributed by atoms with van der Waals surface area (Å²) in [6.07, 6.45) is 1.28. The Morgan fingerprint density at radius 1 is 1.06 bits per heavy atom. The van der Waals surface area contributed by atoms with E-state index in [1.165, 1.54) is 16.7 Å². The van der Waals surface area contributed by atoms with Gasteiger partial charge in [-0.1, -0.05) is 59.7 Å². The Kier molecular flexibility index (Phi) is 3.31. The molecule has 1 atom stereocenters. The Balaban J connectivity index is 2.43. The quantitative estimate of drug-likeness (QED) is 0.648. The fourth-order valence-electron chi connectivity index (χ4n) is 2.64. The van der Waals surface area contributed by atoms with E-state index < -0.39 is 0 Å². The van der Waals surface area contributed by atoms with Crippen LogP contribution in [-0.2, 0) is 16.6 Å². The summed E-state index contributed by atoms with van der Waals surface area (Å²) in [5, 5.41) is 0. The molecule has 100 valence electrons. The molecule has 1 heterocycles. The number of benzene rings is 1. The maximum Gasteiger partial charge on any atom is 0.0875 e. The van der Waals surface area contributed by atoms with Crippen molar-refractivity contribution in [3.8, 4) is 0 Å². The topological polar surface area (TPSA) is 9.23 Å². The van der Waals surface area contributed by atoms with Gasteiger partial charge in [0.05, 0.1) is 12.7 Å². The number of hydrogen-bond acceptors (Lipinski definition) is 1. The van der Waals surface area contributed by atoms with E-state index in [-0.39, 0.29) is 16.9 Å².